The molecule has 1 aliphatic carbocycles. The van der Waals surface area contributed by atoms with Crippen molar-refractivity contribution in [3.05, 3.63) is 93.8 Å². The summed E-state index contributed by atoms with van der Waals surface area (Å²) in [5, 5.41) is 3.75. The second-order valence-corrected chi connectivity index (χ2v) is 12.9. The number of anilines is 1. The summed E-state index contributed by atoms with van der Waals surface area (Å²) in [5.41, 5.74) is 7.45. The second-order valence-electron chi connectivity index (χ2n) is 12.5. The van der Waals surface area contributed by atoms with Crippen LogP contribution in [0.15, 0.2) is 60.7 Å². The molecule has 0 radical (unpaired) electrons. The van der Waals surface area contributed by atoms with E-state index >= 15 is 0 Å². The van der Waals surface area contributed by atoms with Gasteiger partial charge in [-0.25, -0.2) is 4.85 Å². The van der Waals surface area contributed by atoms with Gasteiger partial charge in [0.2, 0.25) is 5.91 Å². The van der Waals surface area contributed by atoms with Crippen molar-refractivity contribution in [3.63, 3.8) is 0 Å². The maximum absolute atomic E-state index is 13.4. The van der Waals surface area contributed by atoms with Crippen LogP contribution in [0.4, 0.5) is 11.4 Å². The van der Waals surface area contributed by atoms with Gasteiger partial charge in [-0.1, -0.05) is 67.3 Å². The monoisotopic (exact) mass is 580 g/mol. The number of hydrogen-bond acceptors (Lipinski definition) is 3. The number of amides is 1. The lowest BCUT2D eigenvalue weighted by molar-refractivity contribution is -0.118. The molecule has 0 aromatic heterocycles. The third-order valence-electron chi connectivity index (χ3n) is 9.62. The van der Waals surface area contributed by atoms with Gasteiger partial charge in [0.25, 0.3) is 0 Å². The third-order valence-corrected chi connectivity index (χ3v) is 9.83. The van der Waals surface area contributed by atoms with E-state index < -0.39 is 0 Å². The molecule has 3 aliphatic rings. The lowest BCUT2D eigenvalue weighted by Gasteiger charge is -2.46. The SMILES string of the molecule is [C-]#[N+]c1cccc(-c2ccc3c(c2)CCN(CC(=O)Nc2cc(C)cc(Cl)c2)C3C2CCN(C3CCCCC3)CC2)c1. The highest BCUT2D eigenvalue weighted by molar-refractivity contribution is 6.31. The molecular weight excluding hydrogens is 540 g/mol. The molecule has 6 rings (SSSR count). The van der Waals surface area contributed by atoms with E-state index in [1.54, 1.807) is 0 Å². The van der Waals surface area contributed by atoms with Crippen molar-refractivity contribution in [1.82, 2.24) is 9.80 Å². The molecule has 0 spiro atoms. The number of carbonyl (C=O) groups excluding carboxylic acids is 1. The lowest BCUT2D eigenvalue weighted by atomic mass is 9.78. The van der Waals surface area contributed by atoms with Crippen LogP contribution >= 0.6 is 11.6 Å². The summed E-state index contributed by atoms with van der Waals surface area (Å²) in [7, 11) is 0. The highest BCUT2D eigenvalue weighted by atomic mass is 35.5. The molecule has 2 heterocycles. The zero-order valence-electron chi connectivity index (χ0n) is 24.6. The van der Waals surface area contributed by atoms with E-state index in [-0.39, 0.29) is 11.9 Å². The highest BCUT2D eigenvalue weighted by Crippen LogP contribution is 2.42. The molecule has 1 saturated heterocycles. The van der Waals surface area contributed by atoms with Crippen LogP contribution in [-0.2, 0) is 11.2 Å². The molecular formula is C36H41ClN4O. The zero-order chi connectivity index (χ0) is 29.1. The fourth-order valence-electron chi connectivity index (χ4n) is 7.61. The molecule has 3 aromatic carbocycles. The predicted molar refractivity (Wildman–Crippen MR) is 172 cm³/mol. The van der Waals surface area contributed by atoms with E-state index in [1.807, 2.05) is 43.3 Å². The standard InChI is InChI=1S/C36H41ClN4O/c1-25-19-30(37)23-32(20-25)39-35(42)24-41-18-15-29-21-28(27-7-6-8-31(22-27)38-2)11-12-34(29)36(41)26-13-16-40(17-14-26)33-9-4-3-5-10-33/h6-8,11-12,19-23,26,33,36H,3-5,9-10,13-18,24H2,1H3,(H,39,42). The van der Waals surface area contributed by atoms with Crippen molar-refractivity contribution in [3.8, 4) is 11.1 Å². The molecule has 218 valence electrons. The van der Waals surface area contributed by atoms with E-state index in [9.17, 15) is 4.79 Å². The first kappa shape index (κ1) is 28.9. The average molecular weight is 581 g/mol. The van der Waals surface area contributed by atoms with Crippen LogP contribution in [0.25, 0.3) is 16.0 Å². The molecule has 5 nitrogen and oxygen atoms in total. The van der Waals surface area contributed by atoms with Crippen molar-refractivity contribution < 1.29 is 4.79 Å². The number of piperidine rings is 1. The van der Waals surface area contributed by atoms with Crippen LogP contribution in [0.3, 0.4) is 0 Å². The lowest BCUT2D eigenvalue weighted by Crippen LogP contribution is -2.48. The Morgan fingerprint density at radius 3 is 2.50 bits per heavy atom. The normalized spacial score (nSPS) is 20.5. The number of hydrogen-bond donors (Lipinski definition) is 1. The number of fused-ring (bicyclic) bond motifs is 1. The molecule has 1 saturated carbocycles. The predicted octanol–water partition coefficient (Wildman–Crippen LogP) is 8.45. The van der Waals surface area contributed by atoms with E-state index in [1.165, 1.54) is 56.1 Å². The molecule has 2 aliphatic heterocycles. The van der Waals surface area contributed by atoms with Gasteiger partial charge < -0.3 is 10.2 Å². The number of likely N-dealkylation sites (tertiary alicyclic amines) is 1. The highest BCUT2D eigenvalue weighted by Gasteiger charge is 2.37. The second kappa shape index (κ2) is 13.0. The van der Waals surface area contributed by atoms with Gasteiger partial charge in [-0.05, 0) is 110 Å². The van der Waals surface area contributed by atoms with Gasteiger partial charge in [0.15, 0.2) is 5.69 Å². The van der Waals surface area contributed by atoms with Crippen LogP contribution in [0.5, 0.6) is 0 Å². The smallest absolute Gasteiger partial charge is 0.238 e. The Morgan fingerprint density at radius 1 is 0.952 bits per heavy atom. The number of nitrogens with one attached hydrogen (secondary N) is 1. The molecule has 1 amide bonds. The number of halogens is 1. The summed E-state index contributed by atoms with van der Waals surface area (Å²) in [6.45, 7) is 12.9. The quantitative estimate of drug-likeness (QED) is 0.297. The van der Waals surface area contributed by atoms with Gasteiger partial charge in [-0.15, -0.1) is 0 Å². The molecule has 3 aromatic rings. The van der Waals surface area contributed by atoms with Gasteiger partial charge in [-0.2, -0.15) is 0 Å². The Labute approximate surface area is 255 Å². The molecule has 0 bridgehead atoms. The van der Waals surface area contributed by atoms with Crippen LogP contribution in [0.2, 0.25) is 5.02 Å². The van der Waals surface area contributed by atoms with Gasteiger partial charge in [0.05, 0.1) is 13.1 Å². The number of aryl methyl sites for hydroxylation is 1. The van der Waals surface area contributed by atoms with Crippen molar-refractivity contribution in [2.24, 2.45) is 5.92 Å². The first-order chi connectivity index (χ1) is 20.5. The summed E-state index contributed by atoms with van der Waals surface area (Å²) < 4.78 is 0. The Balaban J connectivity index is 1.24. The van der Waals surface area contributed by atoms with E-state index in [2.05, 4.69) is 44.2 Å². The largest absolute Gasteiger partial charge is 0.325 e. The minimum absolute atomic E-state index is 0.0114. The van der Waals surface area contributed by atoms with Crippen LogP contribution in [0, 0.1) is 19.4 Å². The molecule has 1 atom stereocenters. The van der Waals surface area contributed by atoms with Crippen molar-refractivity contribution in [1.29, 1.82) is 0 Å². The van der Waals surface area contributed by atoms with Gasteiger partial charge in [-0.3, -0.25) is 9.69 Å². The van der Waals surface area contributed by atoms with Gasteiger partial charge in [0.1, 0.15) is 0 Å². The fraction of sp³-hybridized carbons (Fsp3) is 0.444. The topological polar surface area (TPSA) is 39.9 Å². The fourth-order valence-corrected chi connectivity index (χ4v) is 7.90. The number of carbonyl (C=O) groups is 1. The summed E-state index contributed by atoms with van der Waals surface area (Å²) in [6, 6.07) is 21.4. The molecule has 2 fully saturated rings. The number of nitrogens with zero attached hydrogens (tertiary/aromatic N) is 3. The number of benzene rings is 3. The van der Waals surface area contributed by atoms with Crippen LogP contribution < -0.4 is 5.32 Å². The van der Waals surface area contributed by atoms with Crippen molar-refractivity contribution in [2.75, 3.05) is 31.5 Å². The summed E-state index contributed by atoms with van der Waals surface area (Å²) in [5.74, 6) is 0.527. The zero-order valence-corrected chi connectivity index (χ0v) is 25.4. The molecule has 42 heavy (non-hydrogen) atoms. The van der Waals surface area contributed by atoms with Crippen LogP contribution in [-0.4, -0.2) is 47.9 Å². The summed E-state index contributed by atoms with van der Waals surface area (Å²) >= 11 is 6.27. The third kappa shape index (κ3) is 6.57. The van der Waals surface area contributed by atoms with Gasteiger partial charge in [0, 0.05) is 29.3 Å². The van der Waals surface area contributed by atoms with Crippen molar-refractivity contribution >= 4 is 28.9 Å². The Kier molecular flexibility index (Phi) is 8.95. The molecule has 6 heteroatoms. The molecule has 1 unspecified atom stereocenters. The van der Waals surface area contributed by atoms with Crippen molar-refractivity contribution in [2.45, 2.75) is 70.4 Å². The number of rotatable bonds is 6. The summed E-state index contributed by atoms with van der Waals surface area (Å²) in [6.07, 6.45) is 10.1. The minimum Gasteiger partial charge on any atom is -0.325 e. The van der Waals surface area contributed by atoms with E-state index in [4.69, 9.17) is 18.2 Å². The Bertz CT molecular complexity index is 1450. The first-order valence-electron chi connectivity index (χ1n) is 15.6. The van der Waals surface area contributed by atoms with Crippen LogP contribution in [0.1, 0.15) is 67.7 Å². The molecule has 1 N–H and O–H groups in total. The maximum atomic E-state index is 13.4. The van der Waals surface area contributed by atoms with E-state index in [0.717, 1.165) is 54.5 Å². The average Bonchev–Trinajstić information content (AvgIpc) is 3.01. The Morgan fingerprint density at radius 2 is 1.74 bits per heavy atom. The maximum Gasteiger partial charge on any atom is 0.238 e. The Hall–Kier alpha value is -3.17. The minimum atomic E-state index is 0.0114. The van der Waals surface area contributed by atoms with Gasteiger partial charge >= 0.3 is 0 Å². The summed E-state index contributed by atoms with van der Waals surface area (Å²) in [4.78, 5) is 22.2. The van der Waals surface area contributed by atoms with E-state index in [0.29, 0.717) is 23.2 Å². The first-order valence-corrected chi connectivity index (χ1v) is 16.0.